The largest absolute Gasteiger partial charge is 0.378 e. The summed E-state index contributed by atoms with van der Waals surface area (Å²) in [5.74, 6) is 0.719. The van der Waals surface area contributed by atoms with Crippen LogP contribution in [0.3, 0.4) is 0 Å². The Kier molecular flexibility index (Phi) is 7.03. The van der Waals surface area contributed by atoms with Gasteiger partial charge in [0, 0.05) is 17.1 Å². The van der Waals surface area contributed by atoms with Crippen molar-refractivity contribution in [2.24, 2.45) is 0 Å². The van der Waals surface area contributed by atoms with E-state index in [0.717, 1.165) is 17.2 Å². The highest BCUT2D eigenvalue weighted by molar-refractivity contribution is 7.99. The summed E-state index contributed by atoms with van der Waals surface area (Å²) in [6.45, 7) is 2.54. The van der Waals surface area contributed by atoms with Crippen LogP contribution in [0.5, 0.6) is 0 Å². The molecule has 8 heteroatoms. The van der Waals surface area contributed by atoms with Crippen molar-refractivity contribution >= 4 is 29.0 Å². The van der Waals surface area contributed by atoms with Crippen molar-refractivity contribution in [1.29, 1.82) is 5.26 Å². The number of thioether (sulfide) groups is 1. The predicted octanol–water partition coefficient (Wildman–Crippen LogP) is 4.79. The molecule has 33 heavy (non-hydrogen) atoms. The smallest absolute Gasteiger partial charge is 0.234 e. The van der Waals surface area contributed by atoms with Crippen LogP contribution >= 0.6 is 11.8 Å². The van der Waals surface area contributed by atoms with E-state index in [9.17, 15) is 4.79 Å². The number of rotatable bonds is 8. The highest BCUT2D eigenvalue weighted by Gasteiger charge is 2.16. The van der Waals surface area contributed by atoms with E-state index in [1.165, 1.54) is 17.3 Å². The molecule has 0 radical (unpaired) electrons. The van der Waals surface area contributed by atoms with Crippen LogP contribution in [-0.4, -0.2) is 26.4 Å². The molecule has 2 N–H and O–H groups in total. The lowest BCUT2D eigenvalue weighted by Gasteiger charge is -2.11. The molecule has 4 aromatic rings. The first-order chi connectivity index (χ1) is 16.1. The molecule has 0 fully saturated rings. The summed E-state index contributed by atoms with van der Waals surface area (Å²) in [5, 5.41) is 24.6. The molecule has 0 aliphatic rings. The quantitative estimate of drug-likeness (QED) is 0.372. The molecule has 0 bridgehead atoms. The second-order valence-electron chi connectivity index (χ2n) is 7.32. The number of nitriles is 1. The molecule has 4 rings (SSSR count). The van der Waals surface area contributed by atoms with Crippen molar-refractivity contribution in [2.45, 2.75) is 18.6 Å². The third kappa shape index (κ3) is 5.79. The van der Waals surface area contributed by atoms with Gasteiger partial charge < -0.3 is 10.6 Å². The Balaban J connectivity index is 1.48. The molecule has 0 saturated heterocycles. The number of hydrogen-bond acceptors (Lipinski definition) is 6. The Morgan fingerprint density at radius 1 is 1.00 bits per heavy atom. The second-order valence-corrected chi connectivity index (χ2v) is 8.26. The monoisotopic (exact) mass is 454 g/mol. The Hall–Kier alpha value is -4.09. The topological polar surface area (TPSA) is 95.6 Å². The molecule has 0 atom stereocenters. The van der Waals surface area contributed by atoms with Crippen molar-refractivity contribution in [1.82, 2.24) is 14.8 Å². The van der Waals surface area contributed by atoms with Gasteiger partial charge in [-0.3, -0.25) is 9.36 Å². The molecule has 1 heterocycles. The van der Waals surface area contributed by atoms with E-state index in [0.29, 0.717) is 23.0 Å². The molecule has 0 unspecified atom stereocenters. The van der Waals surface area contributed by atoms with Crippen LogP contribution in [0.25, 0.3) is 5.69 Å². The minimum Gasteiger partial charge on any atom is -0.378 e. The Bertz CT molecular complexity index is 1280. The number of benzene rings is 3. The van der Waals surface area contributed by atoms with Gasteiger partial charge >= 0.3 is 0 Å². The Labute approximate surface area is 196 Å². The van der Waals surface area contributed by atoms with Gasteiger partial charge in [-0.1, -0.05) is 53.7 Å². The average Bonchev–Trinajstić information content (AvgIpc) is 3.26. The van der Waals surface area contributed by atoms with Crippen molar-refractivity contribution < 1.29 is 4.79 Å². The number of aryl methyl sites for hydroxylation is 1. The maximum absolute atomic E-state index is 12.5. The van der Waals surface area contributed by atoms with E-state index in [1.54, 1.807) is 24.3 Å². The zero-order chi connectivity index (χ0) is 23.0. The van der Waals surface area contributed by atoms with Gasteiger partial charge in [0.05, 0.1) is 23.9 Å². The first-order valence-corrected chi connectivity index (χ1v) is 11.3. The minimum atomic E-state index is -0.183. The lowest BCUT2D eigenvalue weighted by atomic mass is 10.2. The maximum atomic E-state index is 12.5. The van der Waals surface area contributed by atoms with E-state index in [1.807, 2.05) is 47.0 Å². The molecule has 0 saturated carbocycles. The molecule has 1 aromatic heterocycles. The van der Waals surface area contributed by atoms with Crippen LogP contribution in [0.4, 0.5) is 11.4 Å². The number of carbonyl (C=O) groups excluding carboxylic acids is 1. The fraction of sp³-hybridized carbons (Fsp3) is 0.120. The zero-order valence-electron chi connectivity index (χ0n) is 18.0. The number of aromatic nitrogens is 3. The van der Waals surface area contributed by atoms with E-state index in [2.05, 4.69) is 46.0 Å². The first-order valence-electron chi connectivity index (χ1n) is 10.4. The molecule has 0 spiro atoms. The lowest BCUT2D eigenvalue weighted by molar-refractivity contribution is -0.113. The first kappa shape index (κ1) is 22.1. The van der Waals surface area contributed by atoms with Crippen LogP contribution < -0.4 is 10.6 Å². The zero-order valence-corrected chi connectivity index (χ0v) is 18.8. The highest BCUT2D eigenvalue weighted by atomic mass is 32.2. The summed E-state index contributed by atoms with van der Waals surface area (Å²) in [6, 6.07) is 26.9. The number of para-hydroxylation sites is 1. The summed E-state index contributed by atoms with van der Waals surface area (Å²) >= 11 is 1.31. The van der Waals surface area contributed by atoms with Gasteiger partial charge in [0.2, 0.25) is 5.91 Å². The molecular weight excluding hydrogens is 432 g/mol. The van der Waals surface area contributed by atoms with Gasteiger partial charge in [0.25, 0.3) is 0 Å². The normalized spacial score (nSPS) is 10.4. The predicted molar refractivity (Wildman–Crippen MR) is 130 cm³/mol. The average molecular weight is 455 g/mol. The number of nitrogens with zero attached hydrogens (tertiary/aromatic N) is 4. The molecular formula is C25H22N6OS. The van der Waals surface area contributed by atoms with Crippen molar-refractivity contribution in [3.63, 3.8) is 0 Å². The van der Waals surface area contributed by atoms with Crippen molar-refractivity contribution in [3.05, 3.63) is 95.8 Å². The van der Waals surface area contributed by atoms with E-state index in [-0.39, 0.29) is 11.7 Å². The summed E-state index contributed by atoms with van der Waals surface area (Å²) in [4.78, 5) is 12.5. The molecule has 1 amide bonds. The number of nitrogens with one attached hydrogen (secondary N) is 2. The van der Waals surface area contributed by atoms with Gasteiger partial charge in [0.15, 0.2) is 11.0 Å². The SMILES string of the molecule is Cc1ccc(NCc2nnc(SCC(=O)Nc3cccc(C#N)c3)n2-c2ccccc2)cc1. The van der Waals surface area contributed by atoms with Gasteiger partial charge in [-0.25, -0.2) is 0 Å². The van der Waals surface area contributed by atoms with Crippen molar-refractivity contribution in [2.75, 3.05) is 16.4 Å². The van der Waals surface area contributed by atoms with Gasteiger partial charge in [-0.2, -0.15) is 5.26 Å². The molecule has 3 aromatic carbocycles. The molecule has 0 aliphatic carbocycles. The van der Waals surface area contributed by atoms with Gasteiger partial charge in [0.1, 0.15) is 0 Å². The van der Waals surface area contributed by atoms with Crippen LogP contribution in [0, 0.1) is 18.3 Å². The lowest BCUT2D eigenvalue weighted by Crippen LogP contribution is -2.15. The van der Waals surface area contributed by atoms with E-state index >= 15 is 0 Å². The third-order valence-corrected chi connectivity index (χ3v) is 5.75. The molecule has 7 nitrogen and oxygen atoms in total. The van der Waals surface area contributed by atoms with Crippen molar-refractivity contribution in [3.8, 4) is 11.8 Å². The van der Waals surface area contributed by atoms with Gasteiger partial charge in [-0.05, 0) is 49.4 Å². The summed E-state index contributed by atoms with van der Waals surface area (Å²) in [6.07, 6.45) is 0. The summed E-state index contributed by atoms with van der Waals surface area (Å²) < 4.78 is 1.95. The minimum absolute atomic E-state index is 0.160. The number of hydrogen-bond donors (Lipinski definition) is 2. The number of amides is 1. The van der Waals surface area contributed by atoms with Crippen LogP contribution in [-0.2, 0) is 11.3 Å². The second kappa shape index (κ2) is 10.5. The summed E-state index contributed by atoms with van der Waals surface area (Å²) in [7, 11) is 0. The van der Waals surface area contributed by atoms with E-state index < -0.39 is 0 Å². The van der Waals surface area contributed by atoms with Crippen LogP contribution in [0.1, 0.15) is 17.0 Å². The molecule has 164 valence electrons. The third-order valence-electron chi connectivity index (χ3n) is 4.82. The van der Waals surface area contributed by atoms with Crippen LogP contribution in [0.15, 0.2) is 84.0 Å². The van der Waals surface area contributed by atoms with E-state index in [4.69, 9.17) is 5.26 Å². The summed E-state index contributed by atoms with van der Waals surface area (Å²) in [5.41, 5.74) is 4.20. The fourth-order valence-electron chi connectivity index (χ4n) is 3.19. The molecule has 0 aliphatic heterocycles. The standard InChI is InChI=1S/C25H22N6OS/c1-18-10-12-20(13-11-18)27-16-23-29-30-25(31(23)22-8-3-2-4-9-22)33-17-24(32)28-21-7-5-6-19(14-21)15-26/h2-14,27H,16-17H2,1H3,(H,28,32). The highest BCUT2D eigenvalue weighted by Crippen LogP contribution is 2.23. The number of anilines is 2. The maximum Gasteiger partial charge on any atom is 0.234 e. The fourth-order valence-corrected chi connectivity index (χ4v) is 3.96. The van der Waals surface area contributed by atoms with Crippen LogP contribution in [0.2, 0.25) is 0 Å². The Morgan fingerprint density at radius 2 is 1.79 bits per heavy atom. The Morgan fingerprint density at radius 3 is 2.55 bits per heavy atom. The number of carbonyl (C=O) groups is 1. The van der Waals surface area contributed by atoms with Gasteiger partial charge in [-0.15, -0.1) is 10.2 Å².